The first-order chi connectivity index (χ1) is 30.0. The van der Waals surface area contributed by atoms with E-state index in [9.17, 15) is 0 Å². The third-order valence-corrected chi connectivity index (χ3v) is 12.8. The predicted molar refractivity (Wildman–Crippen MR) is 255 cm³/mol. The zero-order valence-corrected chi connectivity index (χ0v) is 33.9. The van der Waals surface area contributed by atoms with Gasteiger partial charge in [0.15, 0.2) is 0 Å². The van der Waals surface area contributed by atoms with E-state index >= 15 is 0 Å². The first-order valence-electron chi connectivity index (χ1n) is 21.0. The lowest BCUT2D eigenvalue weighted by Crippen LogP contribution is -2.24. The fourth-order valence-corrected chi connectivity index (χ4v) is 9.89. The molecule has 9 aromatic carbocycles. The van der Waals surface area contributed by atoms with Crippen molar-refractivity contribution in [2.24, 2.45) is 0 Å². The van der Waals surface area contributed by atoms with Gasteiger partial charge in [0.25, 0.3) is 0 Å². The first kappa shape index (κ1) is 35.2. The van der Waals surface area contributed by atoms with Crippen LogP contribution in [0.3, 0.4) is 0 Å². The Hall–Kier alpha value is -7.82. The highest BCUT2D eigenvalue weighted by Gasteiger charge is 2.35. The molecule has 0 atom stereocenters. The highest BCUT2D eigenvalue weighted by molar-refractivity contribution is 6.22. The molecule has 0 fully saturated rings. The zero-order chi connectivity index (χ0) is 40.7. The fraction of sp³-hybridized carbons (Fsp3) is 0.0526. The van der Waals surface area contributed by atoms with Gasteiger partial charge in [-0.3, -0.25) is 4.57 Å². The Labute approximate surface area is 354 Å². The van der Waals surface area contributed by atoms with Crippen LogP contribution in [-0.4, -0.2) is 14.5 Å². The third kappa shape index (κ3) is 5.46. The number of aromatic nitrogens is 3. The molecule has 2 heterocycles. The summed E-state index contributed by atoms with van der Waals surface area (Å²) in [5, 5.41) is 5.84. The molecule has 0 radical (unpaired) electrons. The topological polar surface area (TPSA) is 34.0 Å². The summed E-state index contributed by atoms with van der Waals surface area (Å²) >= 11 is 0. The van der Waals surface area contributed by atoms with Crippen molar-refractivity contribution in [2.45, 2.75) is 19.3 Å². The van der Waals surface area contributed by atoms with E-state index < -0.39 is 0 Å². The summed E-state index contributed by atoms with van der Waals surface area (Å²) in [5.41, 5.74) is 15.5. The Morgan fingerprint density at radius 3 is 1.90 bits per heavy atom. The molecule has 61 heavy (non-hydrogen) atoms. The molecule has 0 N–H and O–H groups in total. The average molecular weight is 781 g/mol. The van der Waals surface area contributed by atoms with Crippen molar-refractivity contribution in [1.82, 2.24) is 14.5 Å². The molecular weight excluding hydrogens is 741 g/mol. The van der Waals surface area contributed by atoms with Crippen LogP contribution in [0.25, 0.3) is 82.9 Å². The highest BCUT2D eigenvalue weighted by Crippen LogP contribution is 2.49. The normalized spacial score (nSPS) is 12.9. The summed E-state index contributed by atoms with van der Waals surface area (Å²) in [5.74, 6) is 0.667. The maximum Gasteiger partial charge on any atom is 0.235 e. The molecule has 0 spiro atoms. The van der Waals surface area contributed by atoms with E-state index in [0.717, 1.165) is 55.6 Å². The number of hydrogen-bond donors (Lipinski definition) is 0. The number of rotatable bonds is 6. The number of hydrogen-bond acceptors (Lipinski definition) is 3. The lowest BCUT2D eigenvalue weighted by atomic mass is 9.70. The predicted octanol–water partition coefficient (Wildman–Crippen LogP) is 15.0. The van der Waals surface area contributed by atoms with Crippen molar-refractivity contribution >= 4 is 60.5 Å². The van der Waals surface area contributed by atoms with Crippen molar-refractivity contribution in [1.29, 1.82) is 0 Å². The van der Waals surface area contributed by atoms with E-state index in [1.165, 1.54) is 49.5 Å². The van der Waals surface area contributed by atoms with E-state index in [-0.39, 0.29) is 5.41 Å². The molecule has 0 unspecified atom stereocenters. The molecule has 1 aliphatic carbocycles. The minimum absolute atomic E-state index is 0.178. The van der Waals surface area contributed by atoms with Crippen LogP contribution in [0.1, 0.15) is 25.0 Å². The molecule has 11 aromatic rings. The van der Waals surface area contributed by atoms with Crippen LogP contribution in [0.2, 0.25) is 0 Å². The molecule has 4 heteroatoms. The molecule has 0 saturated carbocycles. The van der Waals surface area contributed by atoms with Gasteiger partial charge >= 0.3 is 0 Å². The minimum atomic E-state index is -0.178. The van der Waals surface area contributed by atoms with Crippen LogP contribution >= 0.6 is 0 Å². The van der Waals surface area contributed by atoms with Gasteiger partial charge in [-0.1, -0.05) is 172 Å². The summed E-state index contributed by atoms with van der Waals surface area (Å²) in [6.07, 6.45) is 0. The van der Waals surface area contributed by atoms with Gasteiger partial charge in [-0.25, -0.2) is 9.97 Å². The van der Waals surface area contributed by atoms with Crippen LogP contribution in [0, 0.1) is 0 Å². The van der Waals surface area contributed by atoms with Gasteiger partial charge in [0.2, 0.25) is 5.95 Å². The van der Waals surface area contributed by atoms with Gasteiger partial charge in [-0.15, -0.1) is 0 Å². The molecule has 0 bridgehead atoms. The summed E-state index contributed by atoms with van der Waals surface area (Å²) < 4.78 is 2.28. The molecule has 1 aliphatic rings. The first-order valence-corrected chi connectivity index (χ1v) is 21.0. The van der Waals surface area contributed by atoms with Crippen LogP contribution in [0.4, 0.5) is 17.1 Å². The van der Waals surface area contributed by atoms with Crippen molar-refractivity contribution in [3.8, 4) is 39.5 Å². The zero-order valence-electron chi connectivity index (χ0n) is 33.9. The van der Waals surface area contributed by atoms with Crippen LogP contribution in [0.5, 0.6) is 0 Å². The van der Waals surface area contributed by atoms with Crippen molar-refractivity contribution < 1.29 is 0 Å². The number of nitrogens with zero attached hydrogens (tertiary/aromatic N) is 4. The van der Waals surface area contributed by atoms with E-state index in [0.29, 0.717) is 5.95 Å². The van der Waals surface area contributed by atoms with E-state index in [4.69, 9.17) is 9.97 Å². The van der Waals surface area contributed by atoms with Crippen molar-refractivity contribution in [2.75, 3.05) is 4.90 Å². The number of para-hydroxylation sites is 1. The largest absolute Gasteiger partial charge is 0.310 e. The van der Waals surface area contributed by atoms with Crippen LogP contribution in [0.15, 0.2) is 206 Å². The summed E-state index contributed by atoms with van der Waals surface area (Å²) in [4.78, 5) is 13.4. The van der Waals surface area contributed by atoms with Gasteiger partial charge in [0.05, 0.1) is 27.9 Å². The number of anilines is 3. The van der Waals surface area contributed by atoms with Crippen LogP contribution in [-0.2, 0) is 5.41 Å². The summed E-state index contributed by atoms with van der Waals surface area (Å²) in [6, 6.07) is 74.3. The number of benzene rings is 9. The van der Waals surface area contributed by atoms with Crippen molar-refractivity contribution in [3.63, 3.8) is 0 Å². The van der Waals surface area contributed by atoms with E-state index in [1.807, 2.05) is 0 Å². The second-order valence-electron chi connectivity index (χ2n) is 16.6. The molecular formula is C57H40N4. The third-order valence-electron chi connectivity index (χ3n) is 12.8. The summed E-state index contributed by atoms with van der Waals surface area (Å²) in [6.45, 7) is 4.62. The highest BCUT2D eigenvalue weighted by atomic mass is 15.2. The molecule has 288 valence electrons. The van der Waals surface area contributed by atoms with Crippen LogP contribution < -0.4 is 4.90 Å². The van der Waals surface area contributed by atoms with Crippen molar-refractivity contribution in [3.05, 3.63) is 217 Å². The van der Waals surface area contributed by atoms with E-state index in [2.05, 4.69) is 230 Å². The monoisotopic (exact) mass is 780 g/mol. The Bertz CT molecular complexity index is 3490. The number of fused-ring (bicyclic) bond motifs is 7. The Balaban J connectivity index is 1.13. The molecule has 4 nitrogen and oxygen atoms in total. The fourth-order valence-electron chi connectivity index (χ4n) is 9.89. The lowest BCUT2D eigenvalue weighted by Gasteiger charge is -2.34. The molecule has 0 saturated heterocycles. The lowest BCUT2D eigenvalue weighted by molar-refractivity contribution is 0.643. The Kier molecular flexibility index (Phi) is 7.85. The van der Waals surface area contributed by atoms with Gasteiger partial charge in [-0.05, 0) is 87.1 Å². The average Bonchev–Trinajstić information content (AvgIpc) is 3.66. The maximum atomic E-state index is 5.53. The second kappa shape index (κ2) is 13.6. The SMILES string of the molecule is CC1(C)c2ccccc2-c2nc(-n3c4ccc(N(c5ccc(-c6ccccc6)cc5)c5ccccc5-c5ccccc5)cc4c4c5ccccc5ccc43)nc3cccc1c23. The Morgan fingerprint density at radius 2 is 1.08 bits per heavy atom. The smallest absolute Gasteiger partial charge is 0.235 e. The standard InChI is InChI=1S/C57H40N4/c1-57(2)47-24-13-11-23-45(47)55-54-48(57)25-15-26-49(54)58-56(59-55)61-51-35-33-42(36-46(51)53-44-22-10-9-20-40(44)30-34-52(53)61)60(41-31-28-38(29-32-41)37-16-5-3-6-17-37)50-27-14-12-21-43(50)39-18-7-4-8-19-39/h3-36H,1-2H3. The molecule has 0 amide bonds. The summed E-state index contributed by atoms with van der Waals surface area (Å²) in [7, 11) is 0. The quantitative estimate of drug-likeness (QED) is 0.169. The minimum Gasteiger partial charge on any atom is -0.310 e. The van der Waals surface area contributed by atoms with Gasteiger partial charge in [0, 0.05) is 44.1 Å². The molecule has 12 rings (SSSR count). The van der Waals surface area contributed by atoms with E-state index in [1.54, 1.807) is 0 Å². The van der Waals surface area contributed by atoms with Gasteiger partial charge in [0.1, 0.15) is 0 Å². The second-order valence-corrected chi connectivity index (χ2v) is 16.6. The molecule has 0 aliphatic heterocycles. The van der Waals surface area contributed by atoms with Gasteiger partial charge < -0.3 is 4.90 Å². The maximum absolute atomic E-state index is 5.53. The van der Waals surface area contributed by atoms with Gasteiger partial charge in [-0.2, -0.15) is 0 Å². The molecule has 2 aromatic heterocycles. The Morgan fingerprint density at radius 1 is 0.443 bits per heavy atom.